The van der Waals surface area contributed by atoms with E-state index in [-0.39, 0.29) is 5.92 Å². The average Bonchev–Trinajstić information content (AvgIpc) is 3.09. The highest BCUT2D eigenvalue weighted by Gasteiger charge is 2.22. The molecule has 9 heteroatoms. The fraction of sp³-hybridized carbons (Fsp3) is 0.450. The van der Waals surface area contributed by atoms with Gasteiger partial charge in [0, 0.05) is 36.3 Å². The predicted octanol–water partition coefficient (Wildman–Crippen LogP) is 3.51. The molecule has 0 aliphatic carbocycles. The Kier molecular flexibility index (Phi) is 6.14. The fourth-order valence-corrected chi connectivity index (χ4v) is 2.97. The molecule has 0 fully saturated rings. The molecule has 5 N–H and O–H groups in total. The average molecular weight is 418 g/mol. The first kappa shape index (κ1) is 21.1. The molecule has 156 valence electrons. The van der Waals surface area contributed by atoms with Crippen molar-refractivity contribution in [1.82, 2.24) is 19.5 Å². The Morgan fingerprint density at radius 1 is 1.28 bits per heavy atom. The van der Waals surface area contributed by atoms with Crippen molar-refractivity contribution in [2.45, 2.75) is 46.4 Å². The van der Waals surface area contributed by atoms with Crippen molar-refractivity contribution in [3.8, 4) is 0 Å². The number of benzene rings is 1. The molecule has 1 atom stereocenters. The van der Waals surface area contributed by atoms with E-state index in [2.05, 4.69) is 25.6 Å². The summed E-state index contributed by atoms with van der Waals surface area (Å²) < 4.78 is 1.96. The summed E-state index contributed by atoms with van der Waals surface area (Å²) in [7, 11) is 0. The van der Waals surface area contributed by atoms with Crippen LogP contribution in [0.5, 0.6) is 0 Å². The number of hydrogen-bond donors (Lipinski definition) is 4. The molecule has 0 aliphatic rings. The third-order valence-electron chi connectivity index (χ3n) is 5.13. The van der Waals surface area contributed by atoms with E-state index in [1.807, 2.05) is 24.5 Å². The molecule has 1 unspecified atom stereocenters. The summed E-state index contributed by atoms with van der Waals surface area (Å²) in [4.78, 5) is 13.7. The van der Waals surface area contributed by atoms with Crippen LogP contribution < -0.4 is 16.4 Å². The van der Waals surface area contributed by atoms with Gasteiger partial charge >= 0.3 is 0 Å². The van der Waals surface area contributed by atoms with Gasteiger partial charge in [-0.2, -0.15) is 9.97 Å². The maximum Gasteiger partial charge on any atom is 0.226 e. The summed E-state index contributed by atoms with van der Waals surface area (Å²) in [5.41, 5.74) is 8.22. The van der Waals surface area contributed by atoms with Gasteiger partial charge < -0.3 is 26.0 Å². The largest absolute Gasteiger partial charge is 0.398 e. The van der Waals surface area contributed by atoms with Gasteiger partial charge in [-0.05, 0) is 44.5 Å². The third-order valence-corrected chi connectivity index (χ3v) is 5.36. The minimum absolute atomic E-state index is 0.0144. The Bertz CT molecular complexity index is 996. The number of hydrogen-bond acceptors (Lipinski definition) is 7. The topological polar surface area (TPSA) is 114 Å². The van der Waals surface area contributed by atoms with Gasteiger partial charge in [0.15, 0.2) is 17.0 Å². The second-order valence-electron chi connectivity index (χ2n) is 7.73. The van der Waals surface area contributed by atoms with Crippen molar-refractivity contribution < 1.29 is 5.11 Å². The first-order valence-electron chi connectivity index (χ1n) is 9.66. The molecule has 2 heterocycles. The van der Waals surface area contributed by atoms with E-state index in [0.29, 0.717) is 41.1 Å². The monoisotopic (exact) mass is 417 g/mol. The minimum Gasteiger partial charge on any atom is -0.398 e. The van der Waals surface area contributed by atoms with Crippen LogP contribution in [0.3, 0.4) is 0 Å². The van der Waals surface area contributed by atoms with E-state index in [1.165, 1.54) is 0 Å². The molecule has 0 aliphatic heterocycles. The second-order valence-corrected chi connectivity index (χ2v) is 8.17. The van der Waals surface area contributed by atoms with Gasteiger partial charge in [-0.15, -0.1) is 0 Å². The summed E-state index contributed by atoms with van der Waals surface area (Å²) >= 11 is 6.09. The molecule has 29 heavy (non-hydrogen) atoms. The fourth-order valence-electron chi connectivity index (χ4n) is 2.78. The van der Waals surface area contributed by atoms with Crippen molar-refractivity contribution in [3.63, 3.8) is 0 Å². The lowest BCUT2D eigenvalue weighted by molar-refractivity contribution is 0.0303. The van der Waals surface area contributed by atoms with Crippen molar-refractivity contribution in [3.05, 3.63) is 35.1 Å². The predicted molar refractivity (Wildman–Crippen MR) is 118 cm³/mol. The highest BCUT2D eigenvalue weighted by Crippen LogP contribution is 2.24. The Morgan fingerprint density at radius 2 is 2.03 bits per heavy atom. The van der Waals surface area contributed by atoms with E-state index in [0.717, 1.165) is 17.8 Å². The summed E-state index contributed by atoms with van der Waals surface area (Å²) in [5.74, 6) is 1.10. The number of aliphatic hydroxyl groups is 1. The standard InChI is InChI=1S/C20H28ClN7O/c1-5-28-11-25-16-17(23-10-13-8-14(21)6-7-15(13)22)26-19(27-18(16)28)24-9-12(2)20(3,4)29/h6-8,11-12,29H,5,9-10,22H2,1-4H3,(H2,23,24,26,27). The van der Waals surface area contributed by atoms with Crippen LogP contribution in [-0.4, -0.2) is 36.8 Å². The molecule has 0 saturated carbocycles. The number of nitrogens with two attached hydrogens (primary N) is 1. The highest BCUT2D eigenvalue weighted by molar-refractivity contribution is 6.30. The van der Waals surface area contributed by atoms with Crippen LogP contribution in [0.1, 0.15) is 33.3 Å². The minimum atomic E-state index is -0.798. The zero-order valence-electron chi connectivity index (χ0n) is 17.2. The molecule has 0 amide bonds. The first-order valence-corrected chi connectivity index (χ1v) is 10.0. The number of rotatable bonds is 8. The summed E-state index contributed by atoms with van der Waals surface area (Å²) in [6.07, 6.45) is 1.75. The molecule has 0 saturated heterocycles. The molecule has 3 rings (SSSR count). The lowest BCUT2D eigenvalue weighted by Crippen LogP contribution is -2.33. The van der Waals surface area contributed by atoms with Crippen LogP contribution >= 0.6 is 11.6 Å². The van der Waals surface area contributed by atoms with Gasteiger partial charge in [0.25, 0.3) is 0 Å². The number of halogens is 1. The summed E-state index contributed by atoms with van der Waals surface area (Å²) in [5, 5.41) is 17.3. The number of imidazole rings is 1. The maximum absolute atomic E-state index is 10.2. The molecule has 0 bridgehead atoms. The van der Waals surface area contributed by atoms with Crippen LogP contribution in [0.2, 0.25) is 5.02 Å². The van der Waals surface area contributed by atoms with Crippen molar-refractivity contribution in [1.29, 1.82) is 0 Å². The molecule has 0 radical (unpaired) electrons. The first-order chi connectivity index (χ1) is 13.7. The molecular formula is C20H28ClN7O. The van der Waals surface area contributed by atoms with Gasteiger partial charge in [-0.1, -0.05) is 18.5 Å². The molecule has 8 nitrogen and oxygen atoms in total. The van der Waals surface area contributed by atoms with Crippen LogP contribution in [0.15, 0.2) is 24.5 Å². The third kappa shape index (κ3) is 4.89. The van der Waals surface area contributed by atoms with Crippen LogP contribution in [0, 0.1) is 5.92 Å². The number of nitrogens with zero attached hydrogens (tertiary/aromatic N) is 4. The zero-order chi connectivity index (χ0) is 21.2. The highest BCUT2D eigenvalue weighted by atomic mass is 35.5. The zero-order valence-corrected chi connectivity index (χ0v) is 18.0. The van der Waals surface area contributed by atoms with Gasteiger partial charge in [-0.3, -0.25) is 0 Å². The summed E-state index contributed by atoms with van der Waals surface area (Å²) in [6.45, 7) is 9.33. The van der Waals surface area contributed by atoms with E-state index in [1.54, 1.807) is 32.3 Å². The Morgan fingerprint density at radius 3 is 2.72 bits per heavy atom. The number of fused-ring (bicyclic) bond motifs is 1. The smallest absolute Gasteiger partial charge is 0.226 e. The molecular weight excluding hydrogens is 390 g/mol. The van der Waals surface area contributed by atoms with Gasteiger partial charge in [0.05, 0.1) is 11.9 Å². The van der Waals surface area contributed by atoms with Crippen molar-refractivity contribution in [2.24, 2.45) is 5.92 Å². The molecule has 2 aromatic heterocycles. The van der Waals surface area contributed by atoms with E-state index < -0.39 is 5.60 Å². The van der Waals surface area contributed by atoms with Crippen LogP contribution in [0.25, 0.3) is 11.2 Å². The van der Waals surface area contributed by atoms with Gasteiger partial charge in [0.1, 0.15) is 0 Å². The van der Waals surface area contributed by atoms with E-state index >= 15 is 0 Å². The lowest BCUT2D eigenvalue weighted by atomic mass is 9.93. The van der Waals surface area contributed by atoms with Crippen LogP contribution in [0.4, 0.5) is 17.5 Å². The summed E-state index contributed by atoms with van der Waals surface area (Å²) in [6, 6.07) is 5.38. The molecule has 0 spiro atoms. The molecule has 3 aromatic rings. The maximum atomic E-state index is 10.2. The van der Waals surface area contributed by atoms with Gasteiger partial charge in [-0.25, -0.2) is 4.98 Å². The Labute approximate surface area is 175 Å². The normalized spacial score (nSPS) is 12.9. The van der Waals surface area contributed by atoms with E-state index in [9.17, 15) is 5.11 Å². The SMILES string of the molecule is CCn1cnc2c(NCc3cc(Cl)ccc3N)nc(NCC(C)C(C)(C)O)nc21. The number of aryl methyl sites for hydroxylation is 1. The van der Waals surface area contributed by atoms with Crippen molar-refractivity contribution in [2.75, 3.05) is 22.9 Å². The van der Waals surface area contributed by atoms with Crippen molar-refractivity contribution >= 4 is 40.2 Å². The number of aromatic nitrogens is 4. The quantitative estimate of drug-likeness (QED) is 0.414. The van der Waals surface area contributed by atoms with Crippen LogP contribution in [-0.2, 0) is 13.1 Å². The number of nitrogens with one attached hydrogen (secondary N) is 2. The molecule has 1 aromatic carbocycles. The van der Waals surface area contributed by atoms with E-state index in [4.69, 9.17) is 17.3 Å². The number of anilines is 3. The number of nitrogen functional groups attached to an aromatic ring is 1. The second kappa shape index (κ2) is 8.42. The Hall–Kier alpha value is -2.58. The van der Waals surface area contributed by atoms with Gasteiger partial charge in [0.2, 0.25) is 5.95 Å². The lowest BCUT2D eigenvalue weighted by Gasteiger charge is -2.26. The Balaban J connectivity index is 1.88.